The Morgan fingerprint density at radius 1 is 1.19 bits per heavy atom. The van der Waals surface area contributed by atoms with Crippen LogP contribution in [0.5, 0.6) is 5.88 Å². The van der Waals surface area contributed by atoms with E-state index in [0.29, 0.717) is 5.88 Å². The topological polar surface area (TPSA) is 86.0 Å². The van der Waals surface area contributed by atoms with Crippen LogP contribution in [-0.2, 0) is 6.18 Å². The second kappa shape index (κ2) is 9.11. The molecule has 0 saturated carbocycles. The molecule has 1 amide bonds. The van der Waals surface area contributed by atoms with Crippen LogP contribution < -0.4 is 4.74 Å². The van der Waals surface area contributed by atoms with Crippen LogP contribution in [0.2, 0.25) is 0 Å². The molecule has 31 heavy (non-hydrogen) atoms. The molecule has 0 N–H and O–H groups in total. The molecule has 0 radical (unpaired) electrons. The summed E-state index contributed by atoms with van der Waals surface area (Å²) in [6.45, 7) is 5.61. The first-order chi connectivity index (χ1) is 14.7. The fourth-order valence-corrected chi connectivity index (χ4v) is 2.96. The van der Waals surface area contributed by atoms with Gasteiger partial charge < -0.3 is 9.64 Å². The van der Waals surface area contributed by atoms with Gasteiger partial charge in [-0.3, -0.25) is 9.78 Å². The number of amides is 1. The molecule has 164 valence electrons. The zero-order chi connectivity index (χ0) is 22.6. The zero-order valence-corrected chi connectivity index (χ0v) is 17.2. The van der Waals surface area contributed by atoms with Crippen molar-refractivity contribution in [2.75, 3.05) is 13.2 Å². The van der Waals surface area contributed by atoms with Crippen molar-refractivity contribution < 1.29 is 22.7 Å². The highest BCUT2D eigenvalue weighted by atomic mass is 19.4. The number of aromatic nitrogens is 5. The summed E-state index contributed by atoms with van der Waals surface area (Å²) in [7, 11) is 0. The Morgan fingerprint density at radius 3 is 2.48 bits per heavy atom. The molecule has 8 nitrogen and oxygen atoms in total. The highest BCUT2D eigenvalue weighted by molar-refractivity contribution is 5.98. The summed E-state index contributed by atoms with van der Waals surface area (Å²) in [5, 5.41) is 7.90. The Balaban J connectivity index is 1.88. The minimum atomic E-state index is -4.60. The number of carbonyl (C=O) groups excluding carboxylic acids is 1. The summed E-state index contributed by atoms with van der Waals surface area (Å²) < 4.78 is 45.5. The minimum Gasteiger partial charge on any atom is -0.474 e. The number of aryl methyl sites for hydroxylation is 1. The van der Waals surface area contributed by atoms with Crippen molar-refractivity contribution in [3.63, 3.8) is 0 Å². The van der Waals surface area contributed by atoms with E-state index in [2.05, 4.69) is 20.2 Å². The highest BCUT2D eigenvalue weighted by Gasteiger charge is 2.33. The number of hydrogen-bond donors (Lipinski definition) is 0. The van der Waals surface area contributed by atoms with E-state index in [1.54, 1.807) is 27.0 Å². The van der Waals surface area contributed by atoms with Crippen molar-refractivity contribution in [3.8, 4) is 11.6 Å². The molecule has 0 aliphatic heterocycles. The first kappa shape index (κ1) is 22.2. The second-order valence-corrected chi connectivity index (χ2v) is 6.80. The number of nitrogens with zero attached hydrogens (tertiary/aromatic N) is 6. The summed E-state index contributed by atoms with van der Waals surface area (Å²) in [6, 6.07) is 2.46. The Bertz CT molecular complexity index is 1020. The third kappa shape index (κ3) is 5.16. The monoisotopic (exact) mass is 434 g/mol. The van der Waals surface area contributed by atoms with Crippen LogP contribution in [0.25, 0.3) is 5.69 Å². The van der Waals surface area contributed by atoms with Gasteiger partial charge in [-0.05, 0) is 39.0 Å². The van der Waals surface area contributed by atoms with Gasteiger partial charge in [0.1, 0.15) is 6.61 Å². The van der Waals surface area contributed by atoms with Gasteiger partial charge in [-0.25, -0.2) is 4.98 Å². The second-order valence-electron chi connectivity index (χ2n) is 6.80. The molecule has 1 atom stereocenters. The molecule has 3 rings (SSSR count). The molecule has 2 heterocycles. The fraction of sp³-hybridized carbons (Fsp3) is 0.350. The largest absolute Gasteiger partial charge is 0.474 e. The number of rotatable bonds is 7. The van der Waals surface area contributed by atoms with Gasteiger partial charge in [0.2, 0.25) is 5.88 Å². The van der Waals surface area contributed by atoms with E-state index in [0.717, 1.165) is 22.6 Å². The molecule has 2 aromatic heterocycles. The average molecular weight is 434 g/mol. The first-order valence-electron chi connectivity index (χ1n) is 9.51. The van der Waals surface area contributed by atoms with E-state index in [9.17, 15) is 18.0 Å². The molecule has 0 aliphatic rings. The number of likely N-dealkylation sites (N-methyl/N-ethyl adjacent to an activating group) is 1. The molecule has 0 spiro atoms. The number of alkyl halides is 3. The summed E-state index contributed by atoms with van der Waals surface area (Å²) in [6.07, 6.45) is 1.18. The molecule has 11 heteroatoms. The molecule has 0 bridgehead atoms. The summed E-state index contributed by atoms with van der Waals surface area (Å²) in [5.74, 6) is -0.298. The van der Waals surface area contributed by atoms with Gasteiger partial charge in [-0.1, -0.05) is 0 Å². The lowest BCUT2D eigenvalue weighted by molar-refractivity contribution is -0.137. The third-order valence-corrected chi connectivity index (χ3v) is 4.55. The van der Waals surface area contributed by atoms with Crippen LogP contribution in [0.4, 0.5) is 13.2 Å². The van der Waals surface area contributed by atoms with Crippen LogP contribution in [-0.4, -0.2) is 55.0 Å². The van der Waals surface area contributed by atoms with Crippen LogP contribution in [0.1, 0.15) is 35.5 Å². The summed E-state index contributed by atoms with van der Waals surface area (Å²) in [4.78, 5) is 24.0. The number of ether oxygens (including phenoxy) is 1. The Hall–Kier alpha value is -3.50. The molecule has 0 unspecified atom stereocenters. The Labute approximate surface area is 176 Å². The predicted octanol–water partition coefficient (Wildman–Crippen LogP) is 3.31. The van der Waals surface area contributed by atoms with E-state index in [1.165, 1.54) is 29.6 Å². The molecule has 0 aliphatic carbocycles. The van der Waals surface area contributed by atoms with Crippen molar-refractivity contribution in [3.05, 3.63) is 59.8 Å². The van der Waals surface area contributed by atoms with Crippen LogP contribution in [0.15, 0.2) is 43.0 Å². The zero-order valence-electron chi connectivity index (χ0n) is 17.2. The number of hydrogen-bond acceptors (Lipinski definition) is 6. The van der Waals surface area contributed by atoms with Gasteiger partial charge >= 0.3 is 6.18 Å². The molecule has 1 aromatic carbocycles. The Morgan fingerprint density at radius 2 is 1.90 bits per heavy atom. The maximum atomic E-state index is 13.3. The van der Waals surface area contributed by atoms with Crippen molar-refractivity contribution in [1.29, 1.82) is 0 Å². The first-order valence-corrected chi connectivity index (χ1v) is 9.51. The molecular weight excluding hydrogens is 413 g/mol. The van der Waals surface area contributed by atoms with Gasteiger partial charge in [0.25, 0.3) is 5.91 Å². The van der Waals surface area contributed by atoms with Gasteiger partial charge in [0.15, 0.2) is 0 Å². The average Bonchev–Trinajstić information content (AvgIpc) is 3.27. The molecule has 3 aromatic rings. The number of carbonyl (C=O) groups is 1. The van der Waals surface area contributed by atoms with E-state index < -0.39 is 23.7 Å². The van der Waals surface area contributed by atoms with Crippen molar-refractivity contribution in [2.24, 2.45) is 0 Å². The number of benzene rings is 1. The highest BCUT2D eigenvalue weighted by Crippen LogP contribution is 2.32. The maximum Gasteiger partial charge on any atom is 0.416 e. The van der Waals surface area contributed by atoms with E-state index in [-0.39, 0.29) is 24.4 Å². The van der Waals surface area contributed by atoms with Crippen LogP contribution >= 0.6 is 0 Å². The lowest BCUT2D eigenvalue weighted by Gasteiger charge is -2.28. The van der Waals surface area contributed by atoms with Crippen molar-refractivity contribution in [1.82, 2.24) is 29.9 Å². The fourth-order valence-electron chi connectivity index (χ4n) is 2.96. The lowest BCUT2D eigenvalue weighted by Crippen LogP contribution is -2.42. The van der Waals surface area contributed by atoms with Gasteiger partial charge in [0.05, 0.1) is 53.3 Å². The van der Waals surface area contributed by atoms with Gasteiger partial charge in [0, 0.05) is 6.54 Å². The smallest absolute Gasteiger partial charge is 0.416 e. The quantitative estimate of drug-likeness (QED) is 0.567. The molecule has 0 saturated heterocycles. The third-order valence-electron chi connectivity index (χ3n) is 4.55. The normalized spacial score (nSPS) is 12.5. The van der Waals surface area contributed by atoms with Crippen LogP contribution in [0.3, 0.4) is 0 Å². The van der Waals surface area contributed by atoms with Gasteiger partial charge in [-0.15, -0.1) is 0 Å². The predicted molar refractivity (Wildman–Crippen MR) is 105 cm³/mol. The lowest BCUT2D eigenvalue weighted by atomic mass is 10.1. The van der Waals surface area contributed by atoms with Crippen molar-refractivity contribution in [2.45, 2.75) is 33.0 Å². The minimum absolute atomic E-state index is 0.0889. The van der Waals surface area contributed by atoms with Crippen LogP contribution in [0, 0.1) is 6.92 Å². The van der Waals surface area contributed by atoms with Crippen molar-refractivity contribution >= 4 is 5.91 Å². The SMILES string of the molecule is CCN(C(=O)c1cc(C(F)(F)F)ccc1-n1nccn1)[C@@H](C)COc1cnc(C)cn1. The van der Waals surface area contributed by atoms with E-state index >= 15 is 0 Å². The summed E-state index contributed by atoms with van der Waals surface area (Å²) >= 11 is 0. The molecule has 0 fully saturated rings. The van der Waals surface area contributed by atoms with Gasteiger partial charge in [-0.2, -0.15) is 28.2 Å². The standard InChI is InChI=1S/C20H21F3N6O2/c1-4-28(14(3)12-31-18-11-24-13(2)10-25-18)19(30)16-9-15(20(21,22)23)5-6-17(16)29-26-7-8-27-29/h5-11,14H,4,12H2,1-3H3/t14-/m0/s1. The Kier molecular flexibility index (Phi) is 6.52. The van der Waals surface area contributed by atoms with E-state index in [4.69, 9.17) is 4.74 Å². The summed E-state index contributed by atoms with van der Waals surface area (Å²) in [5.41, 5.74) is -0.203. The number of halogens is 3. The molecular formula is C20H21F3N6O2. The van der Waals surface area contributed by atoms with E-state index in [1.807, 2.05) is 0 Å². The maximum absolute atomic E-state index is 13.3.